The van der Waals surface area contributed by atoms with Crippen molar-refractivity contribution in [2.45, 2.75) is 13.1 Å². The number of hydrogen-bond donors (Lipinski definition) is 2. The van der Waals surface area contributed by atoms with Gasteiger partial charge in [-0.25, -0.2) is 10.8 Å². The Morgan fingerprint density at radius 2 is 2.16 bits per heavy atom. The van der Waals surface area contributed by atoms with Crippen molar-refractivity contribution in [3.05, 3.63) is 22.2 Å². The maximum atomic E-state index is 12.4. The van der Waals surface area contributed by atoms with E-state index in [4.69, 9.17) is 5.84 Å². The number of alkyl halides is 3. The Kier molecular flexibility index (Phi) is 4.48. The summed E-state index contributed by atoms with van der Waals surface area (Å²) >= 11 is 0. The fraction of sp³-hybridized carbons (Fsp3) is 0.444. The van der Waals surface area contributed by atoms with Crippen LogP contribution in [0.3, 0.4) is 0 Å². The lowest BCUT2D eigenvalue weighted by Gasteiger charge is -2.23. The van der Waals surface area contributed by atoms with Crippen molar-refractivity contribution in [1.82, 2.24) is 4.98 Å². The summed E-state index contributed by atoms with van der Waals surface area (Å²) in [5.41, 5.74) is 1.69. The zero-order valence-electron chi connectivity index (χ0n) is 9.94. The highest BCUT2D eigenvalue weighted by atomic mass is 19.4. The molecule has 7 nitrogen and oxygen atoms in total. The molecule has 0 fully saturated rings. The fourth-order valence-electron chi connectivity index (χ4n) is 1.41. The number of nitrogens with zero attached hydrogens (tertiary/aromatic N) is 3. The van der Waals surface area contributed by atoms with Crippen LogP contribution in [-0.2, 0) is 0 Å². The lowest BCUT2D eigenvalue weighted by molar-refractivity contribution is -0.384. The molecular weight excluding hydrogens is 267 g/mol. The molecule has 3 N–H and O–H groups in total. The molecule has 0 aromatic carbocycles. The van der Waals surface area contributed by atoms with Crippen LogP contribution in [0.1, 0.15) is 6.92 Å². The minimum Gasteiger partial charge on any atom is -0.348 e. The van der Waals surface area contributed by atoms with Gasteiger partial charge in [0.05, 0.1) is 17.1 Å². The number of aromatic nitrogens is 1. The second-order valence-electron chi connectivity index (χ2n) is 3.60. The summed E-state index contributed by atoms with van der Waals surface area (Å²) in [6.45, 7) is 0.237. The van der Waals surface area contributed by atoms with Gasteiger partial charge in [-0.3, -0.25) is 10.1 Å². The van der Waals surface area contributed by atoms with Gasteiger partial charge in [-0.2, -0.15) is 13.2 Å². The van der Waals surface area contributed by atoms with Gasteiger partial charge in [-0.15, -0.1) is 0 Å². The van der Waals surface area contributed by atoms with Crippen molar-refractivity contribution in [3.63, 3.8) is 0 Å². The number of halogens is 3. The highest BCUT2D eigenvalue weighted by Crippen LogP contribution is 2.25. The second kappa shape index (κ2) is 5.69. The Labute approximate surface area is 106 Å². The number of nitrogen functional groups attached to an aromatic ring is 1. The van der Waals surface area contributed by atoms with E-state index < -0.39 is 23.3 Å². The summed E-state index contributed by atoms with van der Waals surface area (Å²) in [7, 11) is 0. The Hall–Kier alpha value is -2.10. The van der Waals surface area contributed by atoms with Crippen LogP contribution >= 0.6 is 0 Å². The minimum absolute atomic E-state index is 0.00229. The van der Waals surface area contributed by atoms with Gasteiger partial charge < -0.3 is 10.3 Å². The summed E-state index contributed by atoms with van der Waals surface area (Å²) in [5.74, 6) is 4.84. The van der Waals surface area contributed by atoms with Crippen molar-refractivity contribution >= 4 is 17.3 Å². The molecule has 106 valence electrons. The third-order valence-corrected chi connectivity index (χ3v) is 2.23. The maximum Gasteiger partial charge on any atom is 0.405 e. The van der Waals surface area contributed by atoms with Gasteiger partial charge in [0.15, 0.2) is 0 Å². The molecule has 0 saturated heterocycles. The van der Waals surface area contributed by atoms with Crippen molar-refractivity contribution in [3.8, 4) is 0 Å². The molecule has 0 radical (unpaired) electrons. The first-order chi connectivity index (χ1) is 8.76. The van der Waals surface area contributed by atoms with E-state index in [1.165, 1.54) is 6.92 Å². The predicted octanol–water partition coefficient (Wildman–Crippen LogP) is 1.66. The van der Waals surface area contributed by atoms with E-state index in [0.717, 1.165) is 17.0 Å². The molecule has 0 amide bonds. The molecule has 0 aliphatic carbocycles. The Morgan fingerprint density at radius 1 is 1.53 bits per heavy atom. The van der Waals surface area contributed by atoms with E-state index in [1.807, 2.05) is 0 Å². The quantitative estimate of drug-likeness (QED) is 0.483. The molecule has 10 heteroatoms. The zero-order chi connectivity index (χ0) is 14.6. The van der Waals surface area contributed by atoms with Crippen LogP contribution in [0, 0.1) is 10.1 Å². The first-order valence-electron chi connectivity index (χ1n) is 5.21. The average molecular weight is 279 g/mol. The van der Waals surface area contributed by atoms with Crippen LogP contribution in [0.2, 0.25) is 0 Å². The van der Waals surface area contributed by atoms with Crippen molar-refractivity contribution in [2.75, 3.05) is 23.4 Å². The molecule has 0 aliphatic rings. The number of nitro groups is 1. The van der Waals surface area contributed by atoms with E-state index in [-0.39, 0.29) is 18.2 Å². The normalized spacial score (nSPS) is 11.2. The standard InChI is InChI=1S/C9H12F3N5O2/c1-2-16(5-9(10,11)12)8-4-6(17(18)19)3-7(14-8)15-13/h3-4H,2,5,13H2,1H3,(H,14,15). The van der Waals surface area contributed by atoms with Crippen molar-refractivity contribution < 1.29 is 18.1 Å². The third kappa shape index (κ3) is 4.25. The topological polar surface area (TPSA) is 97.3 Å². The molecule has 1 rings (SSSR count). The molecule has 0 bridgehead atoms. The van der Waals surface area contributed by atoms with Crippen LogP contribution in [0.5, 0.6) is 0 Å². The summed E-state index contributed by atoms with van der Waals surface area (Å²) < 4.78 is 37.1. The maximum absolute atomic E-state index is 12.4. The number of nitrogens with one attached hydrogen (secondary N) is 1. The number of nitrogens with two attached hydrogens (primary N) is 1. The van der Waals surface area contributed by atoms with Gasteiger partial charge >= 0.3 is 6.18 Å². The third-order valence-electron chi connectivity index (χ3n) is 2.23. The highest BCUT2D eigenvalue weighted by Gasteiger charge is 2.31. The van der Waals surface area contributed by atoms with E-state index >= 15 is 0 Å². The van der Waals surface area contributed by atoms with Crippen molar-refractivity contribution in [1.29, 1.82) is 0 Å². The smallest absolute Gasteiger partial charge is 0.348 e. The molecule has 19 heavy (non-hydrogen) atoms. The van der Waals surface area contributed by atoms with Gasteiger partial charge in [-0.05, 0) is 6.92 Å². The van der Waals surface area contributed by atoms with Gasteiger partial charge in [0.25, 0.3) is 5.69 Å². The van der Waals surface area contributed by atoms with E-state index in [2.05, 4.69) is 10.4 Å². The first kappa shape index (κ1) is 15.0. The summed E-state index contributed by atoms with van der Waals surface area (Å²) in [5, 5.41) is 10.7. The number of anilines is 2. The van der Waals surface area contributed by atoms with E-state index in [1.54, 1.807) is 0 Å². The van der Waals surface area contributed by atoms with Crippen LogP contribution < -0.4 is 16.2 Å². The predicted molar refractivity (Wildman–Crippen MR) is 62.6 cm³/mol. The average Bonchev–Trinajstić information content (AvgIpc) is 2.34. The molecule has 0 atom stereocenters. The molecule has 0 unspecified atom stereocenters. The Balaban J connectivity index is 3.15. The number of hydrazine groups is 1. The fourth-order valence-corrected chi connectivity index (χ4v) is 1.41. The first-order valence-corrected chi connectivity index (χ1v) is 5.21. The summed E-state index contributed by atoms with van der Waals surface area (Å²) in [6.07, 6.45) is -4.43. The zero-order valence-corrected chi connectivity index (χ0v) is 9.94. The van der Waals surface area contributed by atoms with Gasteiger partial charge in [0.1, 0.15) is 18.2 Å². The summed E-state index contributed by atoms with van der Waals surface area (Å²) in [4.78, 5) is 14.6. The lowest BCUT2D eigenvalue weighted by Crippen LogP contribution is -2.34. The van der Waals surface area contributed by atoms with Crippen LogP contribution in [0.25, 0.3) is 0 Å². The Morgan fingerprint density at radius 3 is 2.58 bits per heavy atom. The lowest BCUT2D eigenvalue weighted by atomic mass is 10.3. The summed E-state index contributed by atoms with van der Waals surface area (Å²) in [6, 6.07) is 2.00. The molecule has 0 spiro atoms. The molecule has 1 heterocycles. The Bertz CT molecular complexity index is 466. The van der Waals surface area contributed by atoms with Crippen molar-refractivity contribution in [2.24, 2.45) is 5.84 Å². The highest BCUT2D eigenvalue weighted by molar-refractivity contribution is 5.55. The largest absolute Gasteiger partial charge is 0.405 e. The van der Waals surface area contributed by atoms with Gasteiger partial charge in [0.2, 0.25) is 0 Å². The molecule has 1 aromatic heterocycles. The van der Waals surface area contributed by atoms with Gasteiger partial charge in [-0.1, -0.05) is 0 Å². The van der Waals surface area contributed by atoms with Crippen LogP contribution in [0.4, 0.5) is 30.5 Å². The molecule has 0 aliphatic heterocycles. The van der Waals surface area contributed by atoms with E-state index in [0.29, 0.717) is 0 Å². The number of hydrogen-bond acceptors (Lipinski definition) is 6. The molecule has 1 aromatic rings. The molecule has 0 saturated carbocycles. The number of pyridine rings is 1. The second-order valence-corrected chi connectivity index (χ2v) is 3.60. The molecular formula is C9H12F3N5O2. The SMILES string of the molecule is CCN(CC(F)(F)F)c1cc([N+](=O)[O-])cc(NN)n1. The minimum atomic E-state index is -4.43. The van der Waals surface area contributed by atoms with Crippen LogP contribution in [0.15, 0.2) is 12.1 Å². The monoisotopic (exact) mass is 279 g/mol. The van der Waals surface area contributed by atoms with Crippen LogP contribution in [-0.4, -0.2) is 29.2 Å². The van der Waals surface area contributed by atoms with Gasteiger partial charge in [0, 0.05) is 6.54 Å². The van der Waals surface area contributed by atoms with E-state index in [9.17, 15) is 23.3 Å². The number of rotatable bonds is 5.